The molecule has 0 heterocycles. The van der Waals surface area contributed by atoms with Gasteiger partial charge in [-0.3, -0.25) is 0 Å². The number of sulfonamides is 1. The number of nitrogens with zero attached hydrogens (tertiary/aromatic N) is 1. The van der Waals surface area contributed by atoms with Crippen LogP contribution in [0.3, 0.4) is 0 Å². The van der Waals surface area contributed by atoms with E-state index in [1.54, 1.807) is 0 Å². The Kier molecular flexibility index (Phi) is 4.07. The highest BCUT2D eigenvalue weighted by atomic mass is 32.2. The van der Waals surface area contributed by atoms with E-state index < -0.39 is 15.8 Å². The van der Waals surface area contributed by atoms with E-state index in [1.165, 1.54) is 20.0 Å². The van der Waals surface area contributed by atoms with Gasteiger partial charge in [-0.05, 0) is 24.6 Å². The topological polar surface area (TPSA) is 83.6 Å². The number of aliphatic hydroxyl groups is 1. The average molecular weight is 262 g/mol. The van der Waals surface area contributed by atoms with E-state index in [1.807, 2.05) is 0 Å². The lowest BCUT2D eigenvalue weighted by Gasteiger charge is -2.16. The van der Waals surface area contributed by atoms with Crippen molar-refractivity contribution in [3.05, 3.63) is 23.5 Å². The molecule has 0 unspecified atom stereocenters. The number of hydrogen-bond acceptors (Lipinski definition) is 4. The molecule has 0 bridgehead atoms. The predicted molar refractivity (Wildman–Crippen MR) is 62.5 cm³/mol. The van der Waals surface area contributed by atoms with Gasteiger partial charge in [-0.25, -0.2) is 12.8 Å². The van der Waals surface area contributed by atoms with Gasteiger partial charge in [-0.2, -0.15) is 4.31 Å². The molecule has 0 atom stereocenters. The number of nitrogens with two attached hydrogens (primary N) is 1. The molecule has 0 saturated carbocycles. The number of aryl methyl sites for hydroxylation is 1. The fourth-order valence-corrected chi connectivity index (χ4v) is 2.64. The van der Waals surface area contributed by atoms with Crippen LogP contribution in [0.2, 0.25) is 0 Å². The molecule has 0 aliphatic carbocycles. The van der Waals surface area contributed by atoms with Crippen molar-refractivity contribution in [3.63, 3.8) is 0 Å². The van der Waals surface area contributed by atoms with Crippen molar-refractivity contribution >= 4 is 15.7 Å². The first-order valence-electron chi connectivity index (χ1n) is 4.93. The van der Waals surface area contributed by atoms with Crippen molar-refractivity contribution in [1.29, 1.82) is 0 Å². The molecule has 1 aromatic carbocycles. The highest BCUT2D eigenvalue weighted by molar-refractivity contribution is 7.89. The number of halogens is 1. The van der Waals surface area contributed by atoms with Crippen LogP contribution in [-0.2, 0) is 10.0 Å². The summed E-state index contributed by atoms with van der Waals surface area (Å²) in [4.78, 5) is -0.0788. The Balaban J connectivity index is 3.25. The lowest BCUT2D eigenvalue weighted by molar-refractivity contribution is 0.266. The number of likely N-dealkylation sites (N-methyl/N-ethyl adjacent to an activating group) is 1. The van der Waals surface area contributed by atoms with Crippen molar-refractivity contribution in [2.45, 2.75) is 11.8 Å². The average Bonchev–Trinajstić information content (AvgIpc) is 2.25. The minimum atomic E-state index is -3.74. The molecule has 3 N–H and O–H groups in total. The number of aliphatic hydroxyl groups excluding tert-OH is 1. The SMILES string of the molecule is Cc1cc(S(=O)(=O)N(C)CCO)cc(N)c1F. The van der Waals surface area contributed by atoms with Crippen LogP contribution in [0.4, 0.5) is 10.1 Å². The second kappa shape index (κ2) is 4.99. The number of nitrogen functional groups attached to an aromatic ring is 1. The number of benzene rings is 1. The van der Waals surface area contributed by atoms with Gasteiger partial charge < -0.3 is 10.8 Å². The molecule has 5 nitrogen and oxygen atoms in total. The molecule has 17 heavy (non-hydrogen) atoms. The molecule has 96 valence electrons. The van der Waals surface area contributed by atoms with Gasteiger partial charge in [0.05, 0.1) is 17.2 Å². The van der Waals surface area contributed by atoms with E-state index in [2.05, 4.69) is 0 Å². The summed E-state index contributed by atoms with van der Waals surface area (Å²) in [6.07, 6.45) is 0. The minimum absolute atomic E-state index is 0.0291. The second-order valence-corrected chi connectivity index (χ2v) is 5.74. The molecule has 0 aromatic heterocycles. The van der Waals surface area contributed by atoms with Crippen LogP contribution >= 0.6 is 0 Å². The van der Waals surface area contributed by atoms with Crippen LogP contribution in [0, 0.1) is 12.7 Å². The van der Waals surface area contributed by atoms with Crippen LogP contribution in [-0.4, -0.2) is 38.0 Å². The zero-order chi connectivity index (χ0) is 13.2. The third-order valence-corrected chi connectivity index (χ3v) is 4.21. The van der Waals surface area contributed by atoms with Gasteiger partial charge in [0.25, 0.3) is 0 Å². The molecule has 0 radical (unpaired) electrons. The third kappa shape index (κ3) is 2.74. The predicted octanol–water partition coefficient (Wildman–Crippen LogP) is 0.329. The minimum Gasteiger partial charge on any atom is -0.396 e. The lowest BCUT2D eigenvalue weighted by Crippen LogP contribution is -2.29. The van der Waals surface area contributed by atoms with Crippen molar-refractivity contribution in [2.75, 3.05) is 25.9 Å². The molecule has 1 aromatic rings. The lowest BCUT2D eigenvalue weighted by atomic mass is 10.2. The van der Waals surface area contributed by atoms with Gasteiger partial charge in [-0.15, -0.1) is 0 Å². The smallest absolute Gasteiger partial charge is 0.242 e. The Morgan fingerprint density at radius 3 is 2.53 bits per heavy atom. The molecule has 0 fully saturated rings. The Bertz CT molecular complexity index is 493. The Morgan fingerprint density at radius 2 is 2.06 bits per heavy atom. The van der Waals surface area contributed by atoms with E-state index in [0.29, 0.717) is 0 Å². The van der Waals surface area contributed by atoms with Crippen LogP contribution in [0.15, 0.2) is 17.0 Å². The summed E-state index contributed by atoms with van der Waals surface area (Å²) in [5.41, 5.74) is 5.35. The van der Waals surface area contributed by atoms with Gasteiger partial charge in [-0.1, -0.05) is 0 Å². The van der Waals surface area contributed by atoms with Crippen LogP contribution in [0.25, 0.3) is 0 Å². The van der Waals surface area contributed by atoms with E-state index in [9.17, 15) is 12.8 Å². The molecular weight excluding hydrogens is 247 g/mol. The molecule has 0 aliphatic heterocycles. The van der Waals surface area contributed by atoms with Gasteiger partial charge >= 0.3 is 0 Å². The molecule has 7 heteroatoms. The standard InChI is InChI=1S/C10H15FN2O3S/c1-7-5-8(6-9(12)10(7)11)17(15,16)13(2)3-4-14/h5-6,14H,3-4,12H2,1-2H3. The highest BCUT2D eigenvalue weighted by Crippen LogP contribution is 2.22. The first-order valence-corrected chi connectivity index (χ1v) is 6.37. The number of hydrogen-bond donors (Lipinski definition) is 2. The summed E-state index contributed by atoms with van der Waals surface area (Å²) < 4.78 is 38.2. The van der Waals surface area contributed by atoms with Gasteiger partial charge in [0.2, 0.25) is 10.0 Å². The molecule has 0 saturated heterocycles. The quantitative estimate of drug-likeness (QED) is 0.766. The summed E-state index contributed by atoms with van der Waals surface area (Å²) in [6.45, 7) is 1.13. The Hall–Kier alpha value is -1.18. The van der Waals surface area contributed by atoms with Crippen LogP contribution in [0.1, 0.15) is 5.56 Å². The molecule has 0 aliphatic rings. The first kappa shape index (κ1) is 13.9. The Labute approximate surface area is 99.7 Å². The Morgan fingerprint density at radius 1 is 1.47 bits per heavy atom. The summed E-state index contributed by atoms with van der Waals surface area (Å²) in [7, 11) is -2.40. The fraction of sp³-hybridized carbons (Fsp3) is 0.400. The maximum atomic E-state index is 13.3. The van der Waals surface area contributed by atoms with Crippen molar-refractivity contribution in [1.82, 2.24) is 4.31 Å². The van der Waals surface area contributed by atoms with E-state index >= 15 is 0 Å². The van der Waals surface area contributed by atoms with Crippen LogP contribution in [0.5, 0.6) is 0 Å². The summed E-state index contributed by atoms with van der Waals surface area (Å²) >= 11 is 0. The maximum Gasteiger partial charge on any atom is 0.242 e. The van der Waals surface area contributed by atoms with E-state index in [-0.39, 0.29) is 29.3 Å². The van der Waals surface area contributed by atoms with Crippen LogP contribution < -0.4 is 5.73 Å². The van der Waals surface area contributed by atoms with Crippen molar-refractivity contribution in [3.8, 4) is 0 Å². The zero-order valence-corrected chi connectivity index (χ0v) is 10.5. The largest absolute Gasteiger partial charge is 0.396 e. The number of rotatable bonds is 4. The molecule has 0 spiro atoms. The highest BCUT2D eigenvalue weighted by Gasteiger charge is 2.22. The van der Waals surface area contributed by atoms with E-state index in [0.717, 1.165) is 10.4 Å². The van der Waals surface area contributed by atoms with Crippen molar-refractivity contribution < 1.29 is 17.9 Å². The summed E-state index contributed by atoms with van der Waals surface area (Å²) in [5.74, 6) is -0.617. The van der Waals surface area contributed by atoms with Gasteiger partial charge in [0, 0.05) is 13.6 Å². The first-order chi connectivity index (χ1) is 7.80. The maximum absolute atomic E-state index is 13.3. The van der Waals surface area contributed by atoms with Gasteiger partial charge in [0.15, 0.2) is 0 Å². The summed E-state index contributed by atoms with van der Waals surface area (Å²) in [5, 5.41) is 8.71. The number of anilines is 1. The van der Waals surface area contributed by atoms with Gasteiger partial charge in [0.1, 0.15) is 5.82 Å². The second-order valence-electron chi connectivity index (χ2n) is 3.69. The van der Waals surface area contributed by atoms with Crippen molar-refractivity contribution in [2.24, 2.45) is 0 Å². The normalized spacial score (nSPS) is 12.1. The summed E-state index contributed by atoms with van der Waals surface area (Å²) in [6, 6.07) is 2.29. The molecule has 0 amide bonds. The zero-order valence-electron chi connectivity index (χ0n) is 9.64. The third-order valence-electron chi connectivity index (χ3n) is 2.38. The monoisotopic (exact) mass is 262 g/mol. The molecular formula is C10H15FN2O3S. The fourth-order valence-electron chi connectivity index (χ4n) is 1.35. The van der Waals surface area contributed by atoms with E-state index in [4.69, 9.17) is 10.8 Å². The molecule has 1 rings (SSSR count).